The third-order valence-electron chi connectivity index (χ3n) is 4.81. The topological polar surface area (TPSA) is 127 Å². The summed E-state index contributed by atoms with van der Waals surface area (Å²) in [5.74, 6) is -2.23. The van der Waals surface area contributed by atoms with Gasteiger partial charge in [0.1, 0.15) is 5.69 Å². The molecule has 2 heterocycles. The monoisotopic (exact) mass is 506 g/mol. The fourth-order valence-electron chi connectivity index (χ4n) is 3.03. The van der Waals surface area contributed by atoms with Gasteiger partial charge in [0, 0.05) is 11.6 Å². The van der Waals surface area contributed by atoms with E-state index in [-0.39, 0.29) is 21.7 Å². The molecule has 2 aromatic heterocycles. The predicted molar refractivity (Wildman–Crippen MR) is 119 cm³/mol. The Balaban J connectivity index is 0.000000225. The van der Waals surface area contributed by atoms with Crippen molar-refractivity contribution < 1.29 is 41.4 Å². The summed E-state index contributed by atoms with van der Waals surface area (Å²) in [6.45, 7) is 1.62. The van der Waals surface area contributed by atoms with Gasteiger partial charge in [-0.2, -0.15) is 13.2 Å². The lowest BCUT2D eigenvalue weighted by Crippen LogP contribution is -2.14. The van der Waals surface area contributed by atoms with Crippen molar-refractivity contribution in [3.8, 4) is 0 Å². The number of rotatable bonds is 4. The summed E-state index contributed by atoms with van der Waals surface area (Å²) >= 11 is 0. The Morgan fingerprint density at radius 1 is 0.914 bits per heavy atom. The first kappa shape index (κ1) is 25.4. The van der Waals surface area contributed by atoms with Crippen molar-refractivity contribution in [3.63, 3.8) is 0 Å². The highest BCUT2D eigenvalue weighted by molar-refractivity contribution is 7.90. The molecule has 0 amide bonds. The molecule has 4 rings (SSSR count). The molecule has 0 aliphatic heterocycles. The van der Waals surface area contributed by atoms with Crippen molar-refractivity contribution >= 4 is 33.0 Å². The zero-order valence-electron chi connectivity index (χ0n) is 17.9. The summed E-state index contributed by atoms with van der Waals surface area (Å²) in [5, 5.41) is 17.6. The number of aryl methyl sites for hydroxylation is 1. The number of nitrogens with zero attached hydrogens (tertiary/aromatic N) is 2. The van der Waals surface area contributed by atoms with E-state index < -0.39 is 33.8 Å². The summed E-state index contributed by atoms with van der Waals surface area (Å²) in [6, 6.07) is 14.9. The lowest BCUT2D eigenvalue weighted by molar-refractivity contribution is -0.141. The number of carbonyl (C=O) groups is 2. The number of fused-ring (bicyclic) bond motifs is 1. The van der Waals surface area contributed by atoms with Crippen LogP contribution in [0.1, 0.15) is 32.0 Å². The molecule has 0 unspecified atom stereocenters. The van der Waals surface area contributed by atoms with Gasteiger partial charge in [0.05, 0.1) is 16.0 Å². The molecule has 0 spiro atoms. The Kier molecular flexibility index (Phi) is 6.96. The van der Waals surface area contributed by atoms with Crippen LogP contribution in [0.15, 0.2) is 77.8 Å². The van der Waals surface area contributed by atoms with E-state index in [1.165, 1.54) is 54.7 Å². The number of benzene rings is 2. The standard InChI is InChI=1S/C14H9F3N2O2S.C9H8O4/c15-14(16,17)12-7-6-10-8-9-19(13(10)18-12)22(20,21)11-4-2-1-3-5-11;1-5-2-3-6(8(10)11)4-7(5)9(12)13/h1-9H;2-4H,1H3,(H,10,11)(H,12,13). The first-order chi connectivity index (χ1) is 16.3. The highest BCUT2D eigenvalue weighted by Gasteiger charge is 2.33. The predicted octanol–water partition coefficient (Wildman–Crippen LogP) is 4.68. The number of pyridine rings is 1. The Hall–Kier alpha value is -4.19. The summed E-state index contributed by atoms with van der Waals surface area (Å²) in [7, 11) is -4.00. The fraction of sp³-hybridized carbons (Fsp3) is 0.0870. The van der Waals surface area contributed by atoms with Gasteiger partial charge < -0.3 is 10.2 Å². The molecule has 2 aromatic carbocycles. The summed E-state index contributed by atoms with van der Waals surface area (Å²) in [4.78, 5) is 24.5. The second-order valence-electron chi connectivity index (χ2n) is 7.18. The minimum Gasteiger partial charge on any atom is -0.478 e. The highest BCUT2D eigenvalue weighted by atomic mass is 32.2. The van der Waals surface area contributed by atoms with Crippen molar-refractivity contribution in [1.82, 2.24) is 8.96 Å². The van der Waals surface area contributed by atoms with Gasteiger partial charge >= 0.3 is 18.1 Å². The van der Waals surface area contributed by atoms with Crippen molar-refractivity contribution in [3.05, 3.63) is 95.3 Å². The molecule has 0 atom stereocenters. The van der Waals surface area contributed by atoms with Gasteiger partial charge in [-0.3, -0.25) is 0 Å². The maximum Gasteiger partial charge on any atom is 0.433 e. The van der Waals surface area contributed by atoms with Gasteiger partial charge in [0.2, 0.25) is 0 Å². The molecule has 0 saturated heterocycles. The molecule has 0 aliphatic rings. The number of carboxylic acids is 2. The Labute approximate surface area is 197 Å². The molecular formula is C23H17F3N2O6S. The number of hydrogen-bond acceptors (Lipinski definition) is 5. The third-order valence-corrected chi connectivity index (χ3v) is 6.49. The fourth-order valence-corrected chi connectivity index (χ4v) is 4.35. The number of carboxylic acid groups (broad SMARTS) is 2. The van der Waals surface area contributed by atoms with Crippen LogP contribution in [0.5, 0.6) is 0 Å². The maximum absolute atomic E-state index is 12.8. The van der Waals surface area contributed by atoms with E-state index in [0.717, 1.165) is 16.1 Å². The van der Waals surface area contributed by atoms with E-state index in [4.69, 9.17) is 10.2 Å². The van der Waals surface area contributed by atoms with Crippen LogP contribution in [0.25, 0.3) is 11.0 Å². The van der Waals surface area contributed by atoms with E-state index >= 15 is 0 Å². The average molecular weight is 506 g/mol. The van der Waals surface area contributed by atoms with Gasteiger partial charge in [-0.25, -0.2) is 27.0 Å². The molecule has 4 aromatic rings. The molecule has 35 heavy (non-hydrogen) atoms. The van der Waals surface area contributed by atoms with Gasteiger partial charge in [0.15, 0.2) is 5.65 Å². The van der Waals surface area contributed by atoms with Crippen LogP contribution in [0.2, 0.25) is 0 Å². The van der Waals surface area contributed by atoms with E-state index in [1.54, 1.807) is 13.0 Å². The van der Waals surface area contributed by atoms with Crippen molar-refractivity contribution in [1.29, 1.82) is 0 Å². The molecule has 182 valence electrons. The van der Waals surface area contributed by atoms with Crippen LogP contribution < -0.4 is 0 Å². The molecule has 12 heteroatoms. The van der Waals surface area contributed by atoms with E-state index in [2.05, 4.69) is 4.98 Å². The van der Waals surface area contributed by atoms with Crippen LogP contribution in [0.3, 0.4) is 0 Å². The summed E-state index contributed by atoms with van der Waals surface area (Å²) in [6.07, 6.45) is -3.44. The highest BCUT2D eigenvalue weighted by Crippen LogP contribution is 2.30. The molecule has 8 nitrogen and oxygen atoms in total. The summed E-state index contributed by atoms with van der Waals surface area (Å²) < 4.78 is 64.0. The van der Waals surface area contributed by atoms with Crippen LogP contribution >= 0.6 is 0 Å². The molecule has 0 saturated carbocycles. The SMILES string of the molecule is Cc1ccc(C(=O)O)cc1C(=O)O.O=S(=O)(c1ccccc1)n1ccc2ccc(C(F)(F)F)nc21. The zero-order chi connectivity index (χ0) is 26.0. The van der Waals surface area contributed by atoms with E-state index in [9.17, 15) is 31.2 Å². The number of alkyl halides is 3. The number of aromatic carboxylic acids is 2. The lowest BCUT2D eigenvalue weighted by atomic mass is 10.1. The van der Waals surface area contributed by atoms with Crippen LogP contribution in [-0.2, 0) is 16.2 Å². The first-order valence-corrected chi connectivity index (χ1v) is 11.2. The van der Waals surface area contributed by atoms with E-state index in [1.807, 2.05) is 0 Å². The average Bonchev–Trinajstić information content (AvgIpc) is 3.24. The zero-order valence-corrected chi connectivity index (χ0v) is 18.7. The van der Waals surface area contributed by atoms with Gasteiger partial charge in [0.25, 0.3) is 10.0 Å². The van der Waals surface area contributed by atoms with Crippen molar-refractivity contribution in [2.75, 3.05) is 0 Å². The quantitative estimate of drug-likeness (QED) is 0.411. The minimum absolute atomic E-state index is 0.0111. The molecule has 0 fully saturated rings. The Morgan fingerprint density at radius 3 is 2.14 bits per heavy atom. The Morgan fingerprint density at radius 2 is 1.57 bits per heavy atom. The maximum atomic E-state index is 12.8. The molecular weight excluding hydrogens is 489 g/mol. The minimum atomic E-state index is -4.64. The van der Waals surface area contributed by atoms with E-state index in [0.29, 0.717) is 10.9 Å². The van der Waals surface area contributed by atoms with Crippen molar-refractivity contribution in [2.24, 2.45) is 0 Å². The second-order valence-corrected chi connectivity index (χ2v) is 8.99. The number of aromatic nitrogens is 2. The molecule has 0 bridgehead atoms. The van der Waals surface area contributed by atoms with Gasteiger partial charge in [-0.15, -0.1) is 0 Å². The Bertz CT molecular complexity index is 1510. The second kappa shape index (κ2) is 9.58. The van der Waals surface area contributed by atoms with Crippen LogP contribution in [0, 0.1) is 6.92 Å². The largest absolute Gasteiger partial charge is 0.478 e. The lowest BCUT2D eigenvalue weighted by Gasteiger charge is -2.09. The van der Waals surface area contributed by atoms with Gasteiger partial charge in [-0.1, -0.05) is 24.3 Å². The normalized spacial score (nSPS) is 11.5. The smallest absolute Gasteiger partial charge is 0.433 e. The summed E-state index contributed by atoms with van der Waals surface area (Å²) in [5.41, 5.74) is -0.817. The van der Waals surface area contributed by atoms with Gasteiger partial charge in [-0.05, 0) is 55.0 Å². The first-order valence-electron chi connectivity index (χ1n) is 9.75. The van der Waals surface area contributed by atoms with Crippen LogP contribution in [-0.4, -0.2) is 39.5 Å². The van der Waals surface area contributed by atoms with Crippen molar-refractivity contribution in [2.45, 2.75) is 18.0 Å². The third kappa shape index (κ3) is 5.49. The number of hydrogen-bond donors (Lipinski definition) is 2. The molecule has 2 N–H and O–H groups in total. The molecule has 0 aliphatic carbocycles. The number of halogens is 3. The van der Waals surface area contributed by atoms with Crippen LogP contribution in [0.4, 0.5) is 13.2 Å². The molecule has 0 radical (unpaired) electrons.